The molecule has 0 atom stereocenters. The molecule has 1 aliphatic rings. The predicted molar refractivity (Wildman–Crippen MR) is 105 cm³/mol. The van der Waals surface area contributed by atoms with Gasteiger partial charge in [0.25, 0.3) is 5.91 Å². The average Bonchev–Trinajstić information content (AvgIpc) is 2.65. The van der Waals surface area contributed by atoms with E-state index in [1.165, 1.54) is 0 Å². The van der Waals surface area contributed by atoms with Crippen LogP contribution in [0, 0.1) is 0 Å². The minimum atomic E-state index is -0.203. The first-order valence-corrected chi connectivity index (χ1v) is 9.05. The normalized spacial score (nSPS) is 12.7. The summed E-state index contributed by atoms with van der Waals surface area (Å²) in [7, 11) is 0. The van der Waals surface area contributed by atoms with Crippen molar-refractivity contribution in [1.82, 2.24) is 4.90 Å². The number of hydrogen-bond donors (Lipinski definition) is 2. The summed E-state index contributed by atoms with van der Waals surface area (Å²) in [6, 6.07) is 12.8. The topological polar surface area (TPSA) is 78.5 Å². The van der Waals surface area contributed by atoms with Gasteiger partial charge in [-0.2, -0.15) is 0 Å². The number of aryl methyl sites for hydroxylation is 1. The Hall–Kier alpha value is -3.15. The number of carbonyl (C=O) groups is 3. The van der Waals surface area contributed by atoms with Crippen LogP contribution >= 0.6 is 0 Å². The SMILES string of the molecule is CCN(Cc1cccc(NC(=O)c2ccc3c(c2)CCC(=O)N3)c1)C(C)=O. The van der Waals surface area contributed by atoms with Crippen LogP contribution in [0.15, 0.2) is 42.5 Å². The Morgan fingerprint density at radius 2 is 1.96 bits per heavy atom. The summed E-state index contributed by atoms with van der Waals surface area (Å²) in [4.78, 5) is 37.4. The molecule has 0 aliphatic carbocycles. The molecule has 0 saturated carbocycles. The van der Waals surface area contributed by atoms with Gasteiger partial charge in [-0.15, -0.1) is 0 Å². The highest BCUT2D eigenvalue weighted by Crippen LogP contribution is 2.24. The molecule has 0 spiro atoms. The second kappa shape index (κ2) is 8.03. The van der Waals surface area contributed by atoms with Gasteiger partial charge in [-0.1, -0.05) is 12.1 Å². The van der Waals surface area contributed by atoms with E-state index < -0.39 is 0 Å². The van der Waals surface area contributed by atoms with Crippen molar-refractivity contribution < 1.29 is 14.4 Å². The van der Waals surface area contributed by atoms with Crippen molar-refractivity contribution in [1.29, 1.82) is 0 Å². The van der Waals surface area contributed by atoms with E-state index in [2.05, 4.69) is 10.6 Å². The molecule has 2 aromatic rings. The molecular weight excluding hydrogens is 342 g/mol. The Balaban J connectivity index is 1.72. The summed E-state index contributed by atoms with van der Waals surface area (Å²) < 4.78 is 0. The molecule has 1 heterocycles. The lowest BCUT2D eigenvalue weighted by atomic mass is 10.00. The smallest absolute Gasteiger partial charge is 0.255 e. The van der Waals surface area contributed by atoms with E-state index in [-0.39, 0.29) is 17.7 Å². The van der Waals surface area contributed by atoms with Crippen molar-refractivity contribution >= 4 is 29.1 Å². The van der Waals surface area contributed by atoms with Crippen molar-refractivity contribution in [3.63, 3.8) is 0 Å². The Kier molecular flexibility index (Phi) is 5.54. The minimum Gasteiger partial charge on any atom is -0.339 e. The first-order valence-electron chi connectivity index (χ1n) is 9.05. The monoisotopic (exact) mass is 365 g/mol. The zero-order valence-corrected chi connectivity index (χ0v) is 15.5. The number of carbonyl (C=O) groups excluding carboxylic acids is 3. The molecule has 0 fully saturated rings. The van der Waals surface area contributed by atoms with Gasteiger partial charge in [-0.05, 0) is 54.8 Å². The molecular formula is C21H23N3O3. The highest BCUT2D eigenvalue weighted by atomic mass is 16.2. The van der Waals surface area contributed by atoms with Gasteiger partial charge >= 0.3 is 0 Å². The first-order chi connectivity index (χ1) is 13.0. The average molecular weight is 365 g/mol. The van der Waals surface area contributed by atoms with Crippen molar-refractivity contribution in [3.8, 4) is 0 Å². The van der Waals surface area contributed by atoms with Gasteiger partial charge in [0, 0.05) is 43.4 Å². The number of nitrogens with zero attached hydrogens (tertiary/aromatic N) is 1. The van der Waals surface area contributed by atoms with E-state index in [0.717, 1.165) is 16.8 Å². The molecule has 0 unspecified atom stereocenters. The van der Waals surface area contributed by atoms with Crippen LogP contribution in [0.1, 0.15) is 41.8 Å². The van der Waals surface area contributed by atoms with Gasteiger partial charge in [-0.25, -0.2) is 0 Å². The van der Waals surface area contributed by atoms with Gasteiger partial charge in [0.05, 0.1) is 0 Å². The van der Waals surface area contributed by atoms with Crippen LogP contribution in [0.4, 0.5) is 11.4 Å². The van der Waals surface area contributed by atoms with E-state index in [4.69, 9.17) is 0 Å². The largest absolute Gasteiger partial charge is 0.339 e. The maximum Gasteiger partial charge on any atom is 0.255 e. The lowest BCUT2D eigenvalue weighted by Gasteiger charge is -2.19. The third kappa shape index (κ3) is 4.53. The van der Waals surface area contributed by atoms with Crippen LogP contribution in [0.3, 0.4) is 0 Å². The summed E-state index contributed by atoms with van der Waals surface area (Å²) in [6.45, 7) is 4.63. The van der Waals surface area contributed by atoms with Gasteiger partial charge < -0.3 is 15.5 Å². The number of amides is 3. The van der Waals surface area contributed by atoms with E-state index in [9.17, 15) is 14.4 Å². The third-order valence-electron chi connectivity index (χ3n) is 4.65. The molecule has 2 aromatic carbocycles. The number of hydrogen-bond acceptors (Lipinski definition) is 3. The molecule has 0 radical (unpaired) electrons. The lowest BCUT2D eigenvalue weighted by Crippen LogP contribution is -2.27. The molecule has 0 saturated heterocycles. The van der Waals surface area contributed by atoms with E-state index in [0.29, 0.717) is 37.2 Å². The third-order valence-corrected chi connectivity index (χ3v) is 4.65. The van der Waals surface area contributed by atoms with Gasteiger partial charge in [0.2, 0.25) is 11.8 Å². The van der Waals surface area contributed by atoms with Crippen LogP contribution in [0.25, 0.3) is 0 Å². The maximum absolute atomic E-state index is 12.6. The number of rotatable bonds is 5. The van der Waals surface area contributed by atoms with Crippen LogP contribution in [-0.2, 0) is 22.6 Å². The fraction of sp³-hybridized carbons (Fsp3) is 0.286. The second-order valence-corrected chi connectivity index (χ2v) is 6.61. The molecule has 1 aliphatic heterocycles. The highest BCUT2D eigenvalue weighted by Gasteiger charge is 2.17. The summed E-state index contributed by atoms with van der Waals surface area (Å²) >= 11 is 0. The van der Waals surface area contributed by atoms with E-state index >= 15 is 0 Å². The molecule has 140 valence electrons. The number of nitrogens with one attached hydrogen (secondary N) is 2. The van der Waals surface area contributed by atoms with Crippen LogP contribution < -0.4 is 10.6 Å². The zero-order chi connectivity index (χ0) is 19.4. The van der Waals surface area contributed by atoms with E-state index in [1.54, 1.807) is 24.0 Å². The molecule has 0 aromatic heterocycles. The lowest BCUT2D eigenvalue weighted by molar-refractivity contribution is -0.129. The zero-order valence-electron chi connectivity index (χ0n) is 15.5. The summed E-state index contributed by atoms with van der Waals surface area (Å²) in [6.07, 6.45) is 1.07. The van der Waals surface area contributed by atoms with E-state index in [1.807, 2.05) is 37.3 Å². The van der Waals surface area contributed by atoms with Crippen molar-refractivity contribution in [2.75, 3.05) is 17.2 Å². The van der Waals surface area contributed by atoms with Crippen molar-refractivity contribution in [3.05, 3.63) is 59.2 Å². The van der Waals surface area contributed by atoms with Gasteiger partial charge in [-0.3, -0.25) is 14.4 Å². The Bertz CT molecular complexity index is 892. The van der Waals surface area contributed by atoms with Crippen LogP contribution in [-0.4, -0.2) is 29.2 Å². The van der Waals surface area contributed by atoms with Crippen molar-refractivity contribution in [2.45, 2.75) is 33.2 Å². The molecule has 6 nitrogen and oxygen atoms in total. The number of benzene rings is 2. The summed E-state index contributed by atoms with van der Waals surface area (Å²) in [5.74, 6) is -0.179. The maximum atomic E-state index is 12.6. The molecule has 0 bridgehead atoms. The minimum absolute atomic E-state index is 0.00296. The number of fused-ring (bicyclic) bond motifs is 1. The Morgan fingerprint density at radius 1 is 1.15 bits per heavy atom. The molecule has 27 heavy (non-hydrogen) atoms. The van der Waals surface area contributed by atoms with Crippen LogP contribution in [0.2, 0.25) is 0 Å². The second-order valence-electron chi connectivity index (χ2n) is 6.61. The standard InChI is InChI=1S/C21H23N3O3/c1-3-24(14(2)25)13-15-5-4-6-18(11-15)22-21(27)17-7-9-19-16(12-17)8-10-20(26)23-19/h4-7,9,11-12H,3,8,10,13H2,1-2H3,(H,22,27)(H,23,26). The first kappa shape index (κ1) is 18.6. The fourth-order valence-electron chi connectivity index (χ4n) is 3.14. The van der Waals surface area contributed by atoms with Gasteiger partial charge in [0.1, 0.15) is 0 Å². The Morgan fingerprint density at radius 3 is 2.70 bits per heavy atom. The van der Waals surface area contributed by atoms with Crippen molar-refractivity contribution in [2.24, 2.45) is 0 Å². The van der Waals surface area contributed by atoms with Crippen LogP contribution in [0.5, 0.6) is 0 Å². The summed E-state index contributed by atoms with van der Waals surface area (Å²) in [5, 5.41) is 5.72. The molecule has 2 N–H and O–H groups in total. The molecule has 6 heteroatoms. The Labute approximate surface area is 158 Å². The molecule has 3 amide bonds. The number of anilines is 2. The predicted octanol–water partition coefficient (Wildman–Crippen LogP) is 3.19. The highest BCUT2D eigenvalue weighted by molar-refractivity contribution is 6.05. The fourth-order valence-corrected chi connectivity index (χ4v) is 3.14. The quantitative estimate of drug-likeness (QED) is 0.854. The van der Waals surface area contributed by atoms with Gasteiger partial charge in [0.15, 0.2) is 0 Å². The summed E-state index contributed by atoms with van der Waals surface area (Å²) in [5.41, 5.74) is 3.93. The molecule has 3 rings (SSSR count).